The van der Waals surface area contributed by atoms with Gasteiger partial charge in [0.2, 0.25) is 17.8 Å². The Morgan fingerprint density at radius 3 is 2.81 bits per heavy atom. The van der Waals surface area contributed by atoms with Crippen LogP contribution in [0.4, 0.5) is 11.6 Å². The molecule has 2 aromatic carbocycles. The van der Waals surface area contributed by atoms with Gasteiger partial charge in [0.05, 0.1) is 24.1 Å². The summed E-state index contributed by atoms with van der Waals surface area (Å²) in [5.74, 6) is 0.708. The number of imidazole rings is 1. The molecule has 2 heterocycles. The fraction of sp³-hybridized carbons (Fsp3) is 0.211. The molecule has 3 aromatic rings. The Kier molecular flexibility index (Phi) is 4.04. The van der Waals surface area contributed by atoms with Gasteiger partial charge in [0.1, 0.15) is 11.8 Å². The van der Waals surface area contributed by atoms with Crippen molar-refractivity contribution in [1.29, 1.82) is 0 Å². The number of aromatic nitrogens is 2. The summed E-state index contributed by atoms with van der Waals surface area (Å²) in [4.78, 5) is 29.5. The number of rotatable bonds is 4. The third kappa shape index (κ3) is 2.88. The molecule has 0 unspecified atom stereocenters. The normalized spacial score (nSPS) is 16.0. The van der Waals surface area contributed by atoms with E-state index in [1.165, 1.54) is 4.57 Å². The first-order valence-corrected chi connectivity index (χ1v) is 8.46. The third-order valence-corrected chi connectivity index (χ3v) is 4.24. The lowest BCUT2D eigenvalue weighted by molar-refractivity contribution is -0.117. The van der Waals surface area contributed by atoms with Gasteiger partial charge in [-0.3, -0.25) is 9.59 Å². The smallest absolute Gasteiger partial charge is 0.247 e. The summed E-state index contributed by atoms with van der Waals surface area (Å²) in [6.45, 7) is 2.50. The molecule has 0 saturated carbocycles. The van der Waals surface area contributed by atoms with Crippen LogP contribution in [0.2, 0.25) is 0 Å². The van der Waals surface area contributed by atoms with Gasteiger partial charge in [-0.05, 0) is 43.3 Å². The summed E-state index contributed by atoms with van der Waals surface area (Å²) in [5, 5.41) is 5.88. The van der Waals surface area contributed by atoms with Crippen molar-refractivity contribution in [3.8, 4) is 5.75 Å². The number of nitrogens with zero attached hydrogens (tertiary/aromatic N) is 2. The molecule has 0 fully saturated rings. The minimum atomic E-state index is -0.668. The summed E-state index contributed by atoms with van der Waals surface area (Å²) in [5.41, 5.74) is 2.10. The Hall–Kier alpha value is -3.35. The van der Waals surface area contributed by atoms with Crippen molar-refractivity contribution in [2.24, 2.45) is 0 Å². The number of hydrogen-bond acceptors (Lipinski definition) is 5. The predicted molar refractivity (Wildman–Crippen MR) is 98.6 cm³/mol. The van der Waals surface area contributed by atoms with Crippen LogP contribution in [0.5, 0.6) is 5.75 Å². The minimum absolute atomic E-state index is 0.0657. The van der Waals surface area contributed by atoms with Crippen LogP contribution in [-0.2, 0) is 4.79 Å². The molecule has 132 valence electrons. The van der Waals surface area contributed by atoms with Crippen LogP contribution in [-0.4, -0.2) is 34.0 Å². The molecule has 1 aliphatic rings. The maximum atomic E-state index is 12.6. The van der Waals surface area contributed by atoms with E-state index in [4.69, 9.17) is 4.74 Å². The number of anilines is 2. The lowest BCUT2D eigenvalue weighted by atomic mass is 10.1. The molecule has 4 rings (SSSR count). The topological polar surface area (TPSA) is 85.2 Å². The average molecular weight is 350 g/mol. The summed E-state index contributed by atoms with van der Waals surface area (Å²) in [7, 11) is 0. The van der Waals surface area contributed by atoms with E-state index < -0.39 is 6.04 Å². The largest absolute Gasteiger partial charge is 0.494 e. The average Bonchev–Trinajstić information content (AvgIpc) is 3.02. The Morgan fingerprint density at radius 2 is 2.04 bits per heavy atom. The van der Waals surface area contributed by atoms with Gasteiger partial charge < -0.3 is 15.4 Å². The molecule has 7 nitrogen and oxygen atoms in total. The molecule has 1 amide bonds. The molecule has 0 saturated heterocycles. The van der Waals surface area contributed by atoms with Gasteiger partial charge in [-0.2, -0.15) is 0 Å². The van der Waals surface area contributed by atoms with E-state index in [-0.39, 0.29) is 18.2 Å². The molecule has 0 bridgehead atoms. The van der Waals surface area contributed by atoms with Crippen molar-refractivity contribution in [3.05, 3.63) is 48.5 Å². The molecule has 0 spiro atoms. The highest BCUT2D eigenvalue weighted by Crippen LogP contribution is 2.25. The second-order valence-electron chi connectivity index (χ2n) is 6.00. The highest BCUT2D eigenvalue weighted by Gasteiger charge is 2.31. The van der Waals surface area contributed by atoms with Gasteiger partial charge in [-0.1, -0.05) is 12.1 Å². The lowest BCUT2D eigenvalue weighted by Gasteiger charge is -2.23. The number of benzene rings is 2. The standard InChI is InChI=1S/C19H18N4O3/c1-2-26-13-9-7-12(8-10-13)20-18(25)15-11-17(24)23-16-6-4-3-5-14(16)21-19(23)22-15/h3-10,15H,2,11H2,1H3,(H,20,25)(H,21,22)/t15-/m1/s1. The summed E-state index contributed by atoms with van der Waals surface area (Å²) in [6, 6.07) is 13.8. The fourth-order valence-electron chi connectivity index (χ4n) is 3.04. The number of amides is 1. The second-order valence-corrected chi connectivity index (χ2v) is 6.00. The molecule has 1 aliphatic heterocycles. The Balaban J connectivity index is 1.52. The van der Waals surface area contributed by atoms with Gasteiger partial charge >= 0.3 is 0 Å². The highest BCUT2D eigenvalue weighted by molar-refractivity contribution is 6.04. The van der Waals surface area contributed by atoms with Crippen LogP contribution in [0.3, 0.4) is 0 Å². The number of para-hydroxylation sites is 2. The van der Waals surface area contributed by atoms with Crippen molar-refractivity contribution in [2.75, 3.05) is 17.2 Å². The quantitative estimate of drug-likeness (QED) is 0.756. The molecule has 0 aliphatic carbocycles. The van der Waals surface area contributed by atoms with Crippen LogP contribution in [0.25, 0.3) is 11.0 Å². The number of fused-ring (bicyclic) bond motifs is 3. The van der Waals surface area contributed by atoms with Gasteiger partial charge in [0.25, 0.3) is 0 Å². The Morgan fingerprint density at radius 1 is 1.27 bits per heavy atom. The highest BCUT2D eigenvalue weighted by atomic mass is 16.5. The zero-order valence-corrected chi connectivity index (χ0v) is 14.2. The summed E-state index contributed by atoms with van der Waals surface area (Å²) >= 11 is 0. The first-order valence-electron chi connectivity index (χ1n) is 8.46. The van der Waals surface area contributed by atoms with Crippen molar-refractivity contribution < 1.29 is 14.3 Å². The van der Waals surface area contributed by atoms with E-state index in [1.807, 2.05) is 31.2 Å². The third-order valence-electron chi connectivity index (χ3n) is 4.24. The second kappa shape index (κ2) is 6.51. The van der Waals surface area contributed by atoms with E-state index in [9.17, 15) is 9.59 Å². The number of ether oxygens (including phenoxy) is 1. The van der Waals surface area contributed by atoms with Crippen LogP contribution >= 0.6 is 0 Å². The maximum Gasteiger partial charge on any atom is 0.247 e. The van der Waals surface area contributed by atoms with Gasteiger partial charge in [-0.15, -0.1) is 0 Å². The van der Waals surface area contributed by atoms with E-state index >= 15 is 0 Å². The maximum absolute atomic E-state index is 12.6. The summed E-state index contributed by atoms with van der Waals surface area (Å²) < 4.78 is 6.91. The minimum Gasteiger partial charge on any atom is -0.494 e. The van der Waals surface area contributed by atoms with Crippen LogP contribution in [0.15, 0.2) is 48.5 Å². The zero-order valence-electron chi connectivity index (χ0n) is 14.2. The molecular formula is C19H18N4O3. The first-order chi connectivity index (χ1) is 12.7. The lowest BCUT2D eigenvalue weighted by Crippen LogP contribution is -2.42. The molecule has 0 radical (unpaired) electrons. The van der Waals surface area contributed by atoms with Crippen molar-refractivity contribution >= 4 is 34.5 Å². The Bertz CT molecular complexity index is 978. The van der Waals surface area contributed by atoms with E-state index in [0.717, 1.165) is 16.8 Å². The van der Waals surface area contributed by atoms with E-state index in [2.05, 4.69) is 15.6 Å². The molecule has 2 N–H and O–H groups in total. The van der Waals surface area contributed by atoms with Crippen molar-refractivity contribution in [2.45, 2.75) is 19.4 Å². The molecule has 7 heteroatoms. The SMILES string of the molecule is CCOc1ccc(NC(=O)[C@H]2CC(=O)n3c(nc4ccccc43)N2)cc1. The molecule has 26 heavy (non-hydrogen) atoms. The number of nitrogens with one attached hydrogen (secondary N) is 2. The number of hydrogen-bond donors (Lipinski definition) is 2. The molecule has 1 aromatic heterocycles. The van der Waals surface area contributed by atoms with Gasteiger partial charge in [0.15, 0.2) is 0 Å². The van der Waals surface area contributed by atoms with Crippen molar-refractivity contribution in [3.63, 3.8) is 0 Å². The monoisotopic (exact) mass is 350 g/mol. The molecular weight excluding hydrogens is 332 g/mol. The molecule has 1 atom stereocenters. The van der Waals surface area contributed by atoms with E-state index in [0.29, 0.717) is 18.2 Å². The van der Waals surface area contributed by atoms with Crippen LogP contribution < -0.4 is 15.4 Å². The van der Waals surface area contributed by atoms with Crippen LogP contribution in [0, 0.1) is 0 Å². The number of carbonyl (C=O) groups is 2. The summed E-state index contributed by atoms with van der Waals surface area (Å²) in [6.07, 6.45) is 0.0657. The zero-order chi connectivity index (χ0) is 18.1. The van der Waals surface area contributed by atoms with Crippen molar-refractivity contribution in [1.82, 2.24) is 9.55 Å². The Labute approximate surface area is 150 Å². The van der Waals surface area contributed by atoms with E-state index in [1.54, 1.807) is 24.3 Å². The van der Waals surface area contributed by atoms with Gasteiger partial charge in [-0.25, -0.2) is 9.55 Å². The van der Waals surface area contributed by atoms with Crippen LogP contribution in [0.1, 0.15) is 18.1 Å². The number of carbonyl (C=O) groups excluding carboxylic acids is 2. The predicted octanol–water partition coefficient (Wildman–Crippen LogP) is 2.90. The fourth-order valence-corrected chi connectivity index (χ4v) is 3.04. The van der Waals surface area contributed by atoms with Gasteiger partial charge in [0, 0.05) is 5.69 Å². The first kappa shape index (κ1) is 16.1.